The van der Waals surface area contributed by atoms with Crippen LogP contribution in [0.25, 0.3) is 17.2 Å². The van der Waals surface area contributed by atoms with E-state index in [4.69, 9.17) is 27.9 Å². The van der Waals surface area contributed by atoms with Crippen molar-refractivity contribution in [1.29, 1.82) is 0 Å². The molecule has 152 valence electrons. The normalized spacial score (nSPS) is 11.4. The average molecular weight is 437 g/mol. The van der Waals surface area contributed by atoms with Crippen LogP contribution >= 0.6 is 23.2 Å². The number of halogens is 2. The molecular formula is C19H18Cl2N4O4. The number of hydrogen-bond donors (Lipinski definition) is 0. The second-order valence-corrected chi connectivity index (χ2v) is 7.17. The van der Waals surface area contributed by atoms with E-state index < -0.39 is 17.2 Å². The van der Waals surface area contributed by atoms with Crippen LogP contribution < -0.4 is 11.2 Å². The van der Waals surface area contributed by atoms with E-state index in [-0.39, 0.29) is 13.2 Å². The first-order chi connectivity index (χ1) is 13.8. The number of imidazole rings is 1. The molecule has 0 aliphatic rings. The molecule has 0 atom stereocenters. The summed E-state index contributed by atoms with van der Waals surface area (Å²) in [5, 5.41) is 0.816. The van der Waals surface area contributed by atoms with Crippen molar-refractivity contribution < 1.29 is 9.53 Å². The molecule has 3 aromatic rings. The van der Waals surface area contributed by atoms with Gasteiger partial charge in [0.25, 0.3) is 5.56 Å². The molecule has 0 saturated heterocycles. The first-order valence-corrected chi connectivity index (χ1v) is 9.46. The number of rotatable bonds is 6. The minimum Gasteiger partial charge on any atom is -0.462 e. The van der Waals surface area contributed by atoms with Crippen LogP contribution in [0.4, 0.5) is 0 Å². The standard InChI is InChI=1S/C19H18Cl2N4O4/c1-23-11-22-17-16(23)18(27)25(19(28)24(17)2)8-3-9-29-15(26)7-5-12-4-6-13(20)14(21)10-12/h4-7,10-11H,3,8-9H2,1-2H3/b7-5+. The van der Waals surface area contributed by atoms with E-state index in [1.54, 1.807) is 42.9 Å². The summed E-state index contributed by atoms with van der Waals surface area (Å²) >= 11 is 11.8. The van der Waals surface area contributed by atoms with Gasteiger partial charge in [-0.3, -0.25) is 13.9 Å². The van der Waals surface area contributed by atoms with E-state index in [9.17, 15) is 14.4 Å². The molecule has 0 N–H and O–H groups in total. The van der Waals surface area contributed by atoms with Gasteiger partial charge in [0.1, 0.15) is 0 Å². The SMILES string of the molecule is Cn1cnc2c1c(=O)n(CCCOC(=O)/C=C/c1ccc(Cl)c(Cl)c1)c(=O)n2C. The van der Waals surface area contributed by atoms with E-state index in [1.165, 1.54) is 17.0 Å². The Labute approximate surface area is 175 Å². The summed E-state index contributed by atoms with van der Waals surface area (Å²) in [6.07, 6.45) is 4.62. The highest BCUT2D eigenvalue weighted by Crippen LogP contribution is 2.23. The van der Waals surface area contributed by atoms with E-state index in [2.05, 4.69) is 4.98 Å². The lowest BCUT2D eigenvalue weighted by molar-refractivity contribution is -0.137. The maximum Gasteiger partial charge on any atom is 0.332 e. The summed E-state index contributed by atoms with van der Waals surface area (Å²) in [7, 11) is 3.25. The molecule has 0 radical (unpaired) electrons. The predicted molar refractivity (Wildman–Crippen MR) is 111 cm³/mol. The Bertz CT molecular complexity index is 1220. The summed E-state index contributed by atoms with van der Waals surface area (Å²) in [6, 6.07) is 4.98. The molecule has 0 aliphatic heterocycles. The third-order valence-electron chi connectivity index (χ3n) is 4.33. The first kappa shape index (κ1) is 20.9. The number of esters is 1. The van der Waals surface area contributed by atoms with Crippen LogP contribution in [0.5, 0.6) is 0 Å². The average Bonchev–Trinajstić information content (AvgIpc) is 3.08. The summed E-state index contributed by atoms with van der Waals surface area (Å²) in [5.74, 6) is -0.543. The molecular weight excluding hydrogens is 419 g/mol. The molecule has 10 heteroatoms. The lowest BCUT2D eigenvalue weighted by Gasteiger charge is -2.08. The van der Waals surface area contributed by atoms with Gasteiger partial charge in [-0.1, -0.05) is 29.3 Å². The molecule has 2 aromatic heterocycles. The first-order valence-electron chi connectivity index (χ1n) is 8.70. The van der Waals surface area contributed by atoms with E-state index >= 15 is 0 Å². The van der Waals surface area contributed by atoms with Gasteiger partial charge in [0.15, 0.2) is 11.2 Å². The Hall–Kier alpha value is -2.84. The van der Waals surface area contributed by atoms with Crippen LogP contribution in [0.2, 0.25) is 10.0 Å². The predicted octanol–water partition coefficient (Wildman–Crippen LogP) is 2.39. The second kappa shape index (κ2) is 8.67. The molecule has 0 unspecified atom stereocenters. The molecule has 2 heterocycles. The molecule has 29 heavy (non-hydrogen) atoms. The zero-order valence-corrected chi connectivity index (χ0v) is 17.3. The number of carbonyl (C=O) groups excluding carboxylic acids is 1. The Morgan fingerprint density at radius 1 is 1.21 bits per heavy atom. The third-order valence-corrected chi connectivity index (χ3v) is 5.07. The maximum absolute atomic E-state index is 12.6. The Morgan fingerprint density at radius 2 is 1.97 bits per heavy atom. The van der Waals surface area contributed by atoms with Gasteiger partial charge in [-0.15, -0.1) is 0 Å². The van der Waals surface area contributed by atoms with Crippen LogP contribution in [-0.2, 0) is 30.2 Å². The van der Waals surface area contributed by atoms with Crippen LogP contribution in [0, 0.1) is 0 Å². The van der Waals surface area contributed by atoms with Gasteiger partial charge >= 0.3 is 11.7 Å². The number of nitrogens with zero attached hydrogens (tertiary/aromatic N) is 4. The molecule has 0 spiro atoms. The van der Waals surface area contributed by atoms with E-state index in [0.29, 0.717) is 33.2 Å². The summed E-state index contributed by atoms with van der Waals surface area (Å²) in [6.45, 7) is 0.181. The van der Waals surface area contributed by atoms with Gasteiger partial charge in [0, 0.05) is 26.7 Å². The van der Waals surface area contributed by atoms with E-state index in [0.717, 1.165) is 4.57 Å². The van der Waals surface area contributed by atoms with Crippen molar-refractivity contribution in [3.05, 3.63) is 67.0 Å². The zero-order valence-electron chi connectivity index (χ0n) is 15.8. The number of fused-ring (bicyclic) bond motifs is 1. The second-order valence-electron chi connectivity index (χ2n) is 6.35. The molecule has 0 amide bonds. The van der Waals surface area contributed by atoms with Crippen molar-refractivity contribution in [1.82, 2.24) is 18.7 Å². The fraction of sp³-hybridized carbons (Fsp3) is 0.263. The number of aromatic nitrogens is 4. The molecule has 3 rings (SSSR count). The van der Waals surface area contributed by atoms with Gasteiger partial charge < -0.3 is 9.30 Å². The zero-order chi connectivity index (χ0) is 21.1. The topological polar surface area (TPSA) is 88.1 Å². The van der Waals surface area contributed by atoms with Crippen molar-refractivity contribution in [3.8, 4) is 0 Å². The summed E-state index contributed by atoms with van der Waals surface area (Å²) in [4.78, 5) is 40.9. The fourth-order valence-corrected chi connectivity index (χ4v) is 3.12. The number of aryl methyl sites for hydroxylation is 2. The highest BCUT2D eigenvalue weighted by molar-refractivity contribution is 6.42. The lowest BCUT2D eigenvalue weighted by Crippen LogP contribution is -2.39. The minimum atomic E-state index is -0.543. The van der Waals surface area contributed by atoms with Crippen molar-refractivity contribution in [2.24, 2.45) is 14.1 Å². The summed E-state index contributed by atoms with van der Waals surface area (Å²) < 4.78 is 9.13. The number of benzene rings is 1. The van der Waals surface area contributed by atoms with E-state index in [1.807, 2.05) is 0 Å². The summed E-state index contributed by atoms with van der Waals surface area (Å²) in [5.41, 5.74) is 0.489. The van der Waals surface area contributed by atoms with Crippen LogP contribution in [0.3, 0.4) is 0 Å². The Balaban J connectivity index is 1.60. The number of hydrogen-bond acceptors (Lipinski definition) is 5. The van der Waals surface area contributed by atoms with Crippen molar-refractivity contribution >= 4 is 46.4 Å². The molecule has 8 nitrogen and oxygen atoms in total. The van der Waals surface area contributed by atoms with Crippen LogP contribution in [-0.4, -0.2) is 31.3 Å². The minimum absolute atomic E-state index is 0.0591. The smallest absolute Gasteiger partial charge is 0.332 e. The highest BCUT2D eigenvalue weighted by atomic mass is 35.5. The van der Waals surface area contributed by atoms with Gasteiger partial charge in [-0.05, 0) is 30.2 Å². The van der Waals surface area contributed by atoms with Crippen molar-refractivity contribution in [2.45, 2.75) is 13.0 Å². The number of carbonyl (C=O) groups is 1. The monoisotopic (exact) mass is 436 g/mol. The van der Waals surface area contributed by atoms with Gasteiger partial charge in [0.2, 0.25) is 0 Å². The quantitative estimate of drug-likeness (QED) is 0.336. The maximum atomic E-state index is 12.6. The Kier molecular flexibility index (Phi) is 6.24. The molecule has 0 bridgehead atoms. The number of ether oxygens (including phenoxy) is 1. The van der Waals surface area contributed by atoms with Crippen molar-refractivity contribution in [2.75, 3.05) is 6.61 Å². The molecule has 0 aliphatic carbocycles. The molecule has 0 saturated carbocycles. The Morgan fingerprint density at radius 3 is 2.69 bits per heavy atom. The molecule has 0 fully saturated rings. The van der Waals surface area contributed by atoms with Gasteiger partial charge in [-0.25, -0.2) is 14.6 Å². The third kappa shape index (κ3) is 4.44. The lowest BCUT2D eigenvalue weighted by atomic mass is 10.2. The largest absolute Gasteiger partial charge is 0.462 e. The van der Waals surface area contributed by atoms with Gasteiger partial charge in [-0.2, -0.15) is 0 Å². The highest BCUT2D eigenvalue weighted by Gasteiger charge is 2.14. The van der Waals surface area contributed by atoms with Crippen LogP contribution in [0.1, 0.15) is 12.0 Å². The van der Waals surface area contributed by atoms with Crippen LogP contribution in [0.15, 0.2) is 40.2 Å². The fourth-order valence-electron chi connectivity index (χ4n) is 2.82. The van der Waals surface area contributed by atoms with Gasteiger partial charge in [0.05, 0.1) is 23.0 Å². The van der Waals surface area contributed by atoms with Crippen molar-refractivity contribution in [3.63, 3.8) is 0 Å². The molecule has 1 aromatic carbocycles.